The van der Waals surface area contributed by atoms with Crippen LogP contribution in [-0.2, 0) is 0 Å². The van der Waals surface area contributed by atoms with Crippen molar-refractivity contribution < 1.29 is 0 Å². The first-order valence-corrected chi connectivity index (χ1v) is 5.59. The van der Waals surface area contributed by atoms with Crippen LogP contribution in [0.2, 0.25) is 0 Å². The predicted molar refractivity (Wildman–Crippen MR) is 60.1 cm³/mol. The fourth-order valence-corrected chi connectivity index (χ4v) is 1.59. The van der Waals surface area contributed by atoms with E-state index in [2.05, 4.69) is 44.8 Å². The normalized spacial score (nSPS) is 14.1. The quantitative estimate of drug-likeness (QED) is 0.655. The van der Waals surface area contributed by atoms with E-state index in [9.17, 15) is 0 Å². The smallest absolute Gasteiger partial charge is 0.00507 e. The molecule has 0 aromatic heterocycles. The van der Waals surface area contributed by atoms with Gasteiger partial charge in [-0.1, -0.05) is 13.8 Å². The summed E-state index contributed by atoms with van der Waals surface area (Å²) >= 11 is 0. The van der Waals surface area contributed by atoms with Gasteiger partial charge >= 0.3 is 0 Å². The lowest BCUT2D eigenvalue weighted by molar-refractivity contribution is 0.222. The molecule has 0 bridgehead atoms. The van der Waals surface area contributed by atoms with Gasteiger partial charge in [0.15, 0.2) is 0 Å². The Morgan fingerprint density at radius 3 is 2.15 bits per heavy atom. The van der Waals surface area contributed by atoms with Crippen molar-refractivity contribution in [2.75, 3.05) is 19.6 Å². The molecule has 80 valence electrons. The summed E-state index contributed by atoms with van der Waals surface area (Å²) in [5, 5.41) is 3.44. The standard InChI is InChI=1S/C11H26N2/c1-6-12-11(5)8-9-13(7-2)10(3)4/h10-12H,6-9H2,1-5H3. The number of hydrogen-bond donors (Lipinski definition) is 1. The number of hydrogen-bond acceptors (Lipinski definition) is 2. The van der Waals surface area contributed by atoms with Crippen LogP contribution in [0.4, 0.5) is 0 Å². The van der Waals surface area contributed by atoms with E-state index >= 15 is 0 Å². The summed E-state index contributed by atoms with van der Waals surface area (Å²) < 4.78 is 0. The molecule has 0 rings (SSSR count). The molecule has 0 saturated heterocycles. The average Bonchev–Trinajstić information content (AvgIpc) is 2.05. The summed E-state index contributed by atoms with van der Waals surface area (Å²) in [6.07, 6.45) is 1.25. The highest BCUT2D eigenvalue weighted by Gasteiger charge is 2.08. The fraction of sp³-hybridized carbons (Fsp3) is 1.00. The number of nitrogens with zero attached hydrogens (tertiary/aromatic N) is 1. The van der Waals surface area contributed by atoms with E-state index in [0.717, 1.165) is 13.1 Å². The van der Waals surface area contributed by atoms with Gasteiger partial charge in [0, 0.05) is 12.1 Å². The van der Waals surface area contributed by atoms with Crippen LogP contribution in [0.25, 0.3) is 0 Å². The van der Waals surface area contributed by atoms with Gasteiger partial charge in [0.1, 0.15) is 0 Å². The topological polar surface area (TPSA) is 15.3 Å². The number of nitrogens with one attached hydrogen (secondary N) is 1. The van der Waals surface area contributed by atoms with E-state index in [-0.39, 0.29) is 0 Å². The molecule has 2 nitrogen and oxygen atoms in total. The van der Waals surface area contributed by atoms with Gasteiger partial charge in [-0.15, -0.1) is 0 Å². The Balaban J connectivity index is 3.59. The minimum Gasteiger partial charge on any atom is -0.314 e. The molecular weight excluding hydrogens is 160 g/mol. The molecule has 0 fully saturated rings. The predicted octanol–water partition coefficient (Wildman–Crippen LogP) is 2.10. The van der Waals surface area contributed by atoms with Crippen LogP contribution in [0.3, 0.4) is 0 Å². The first kappa shape index (κ1) is 12.9. The van der Waals surface area contributed by atoms with Crippen LogP contribution >= 0.6 is 0 Å². The molecule has 0 spiro atoms. The van der Waals surface area contributed by atoms with Crippen molar-refractivity contribution in [2.24, 2.45) is 0 Å². The fourth-order valence-electron chi connectivity index (χ4n) is 1.59. The highest BCUT2D eigenvalue weighted by atomic mass is 15.1. The molecule has 0 radical (unpaired) electrons. The molecule has 0 aromatic rings. The zero-order valence-electron chi connectivity index (χ0n) is 9.93. The van der Waals surface area contributed by atoms with Gasteiger partial charge in [-0.05, 0) is 46.8 Å². The second kappa shape index (κ2) is 7.34. The minimum atomic E-state index is 0.651. The Hall–Kier alpha value is -0.0800. The molecule has 1 atom stereocenters. The average molecular weight is 186 g/mol. The molecule has 0 aliphatic carbocycles. The van der Waals surface area contributed by atoms with E-state index < -0.39 is 0 Å². The molecule has 13 heavy (non-hydrogen) atoms. The van der Waals surface area contributed by atoms with Gasteiger partial charge in [-0.25, -0.2) is 0 Å². The van der Waals surface area contributed by atoms with Gasteiger partial charge in [-0.2, -0.15) is 0 Å². The molecule has 0 saturated carbocycles. The summed E-state index contributed by atoms with van der Waals surface area (Å²) in [4.78, 5) is 2.51. The van der Waals surface area contributed by atoms with E-state index in [0.29, 0.717) is 12.1 Å². The van der Waals surface area contributed by atoms with E-state index in [1.54, 1.807) is 0 Å². The van der Waals surface area contributed by atoms with Crippen LogP contribution in [-0.4, -0.2) is 36.6 Å². The SMILES string of the molecule is CCNC(C)CCN(CC)C(C)C. The van der Waals surface area contributed by atoms with Crippen molar-refractivity contribution in [3.05, 3.63) is 0 Å². The molecule has 1 unspecified atom stereocenters. The van der Waals surface area contributed by atoms with E-state index in [1.165, 1.54) is 13.0 Å². The third-order valence-electron chi connectivity index (χ3n) is 2.54. The van der Waals surface area contributed by atoms with Gasteiger partial charge in [0.25, 0.3) is 0 Å². The highest BCUT2D eigenvalue weighted by molar-refractivity contribution is 4.66. The molecule has 0 aromatic carbocycles. The minimum absolute atomic E-state index is 0.651. The van der Waals surface area contributed by atoms with Crippen LogP contribution < -0.4 is 5.32 Å². The Bertz CT molecular complexity index is 113. The zero-order chi connectivity index (χ0) is 10.3. The lowest BCUT2D eigenvalue weighted by Crippen LogP contribution is -2.36. The van der Waals surface area contributed by atoms with Gasteiger partial charge in [0.2, 0.25) is 0 Å². The first-order valence-electron chi connectivity index (χ1n) is 5.59. The summed E-state index contributed by atoms with van der Waals surface area (Å²) in [5.41, 5.74) is 0. The maximum Gasteiger partial charge on any atom is 0.00507 e. The second-order valence-electron chi connectivity index (χ2n) is 3.97. The first-order chi connectivity index (χ1) is 6.11. The van der Waals surface area contributed by atoms with Gasteiger partial charge in [-0.3, -0.25) is 0 Å². The van der Waals surface area contributed by atoms with Crippen LogP contribution in [0.15, 0.2) is 0 Å². The highest BCUT2D eigenvalue weighted by Crippen LogP contribution is 2.00. The maximum atomic E-state index is 3.44. The summed E-state index contributed by atoms with van der Waals surface area (Å²) in [7, 11) is 0. The van der Waals surface area contributed by atoms with Crippen molar-refractivity contribution in [1.82, 2.24) is 10.2 Å². The van der Waals surface area contributed by atoms with Crippen molar-refractivity contribution in [2.45, 2.75) is 53.1 Å². The molecule has 2 heteroatoms. The monoisotopic (exact) mass is 186 g/mol. The molecule has 0 aliphatic heterocycles. The third-order valence-corrected chi connectivity index (χ3v) is 2.54. The molecule has 1 N–H and O–H groups in total. The van der Waals surface area contributed by atoms with Crippen molar-refractivity contribution in [3.8, 4) is 0 Å². The largest absolute Gasteiger partial charge is 0.314 e. The molecule has 0 amide bonds. The second-order valence-corrected chi connectivity index (χ2v) is 3.97. The van der Waals surface area contributed by atoms with Crippen molar-refractivity contribution >= 4 is 0 Å². The van der Waals surface area contributed by atoms with Crippen LogP contribution in [0.5, 0.6) is 0 Å². The van der Waals surface area contributed by atoms with Gasteiger partial charge < -0.3 is 10.2 Å². The maximum absolute atomic E-state index is 3.44. The lowest BCUT2D eigenvalue weighted by atomic mass is 10.2. The summed E-state index contributed by atoms with van der Waals surface area (Å²) in [5.74, 6) is 0. The summed E-state index contributed by atoms with van der Waals surface area (Å²) in [6, 6.07) is 1.33. The van der Waals surface area contributed by atoms with E-state index in [4.69, 9.17) is 0 Å². The molecular formula is C11H26N2. The number of rotatable bonds is 7. The Morgan fingerprint density at radius 2 is 1.77 bits per heavy atom. The van der Waals surface area contributed by atoms with Crippen molar-refractivity contribution in [1.29, 1.82) is 0 Å². The zero-order valence-corrected chi connectivity index (χ0v) is 9.93. The molecule has 0 heterocycles. The Labute approximate surface area is 83.7 Å². The van der Waals surface area contributed by atoms with E-state index in [1.807, 2.05) is 0 Å². The summed E-state index contributed by atoms with van der Waals surface area (Å²) in [6.45, 7) is 14.6. The Morgan fingerprint density at radius 1 is 1.15 bits per heavy atom. The lowest BCUT2D eigenvalue weighted by Gasteiger charge is -2.26. The Kier molecular flexibility index (Phi) is 7.29. The van der Waals surface area contributed by atoms with Crippen LogP contribution in [0.1, 0.15) is 41.0 Å². The van der Waals surface area contributed by atoms with Gasteiger partial charge in [0.05, 0.1) is 0 Å². The molecule has 0 aliphatic rings. The van der Waals surface area contributed by atoms with Crippen LogP contribution in [0, 0.1) is 0 Å². The third kappa shape index (κ3) is 6.05. The van der Waals surface area contributed by atoms with Crippen molar-refractivity contribution in [3.63, 3.8) is 0 Å².